The van der Waals surface area contributed by atoms with Crippen LogP contribution in [0, 0.1) is 11.8 Å². The largest absolute Gasteiger partial charge is 0.444 e. The molecular weight excluding hydrogens is 284 g/mol. The maximum absolute atomic E-state index is 12.0. The number of rotatable bonds is 6. The van der Waals surface area contributed by atoms with E-state index in [-0.39, 0.29) is 6.09 Å². The predicted octanol–water partition coefficient (Wildman–Crippen LogP) is 3.22. The lowest BCUT2D eigenvalue weighted by molar-refractivity contribution is 0.0184. The summed E-state index contributed by atoms with van der Waals surface area (Å²) < 4.78 is 5.42. The Hall–Kier alpha value is -0.420. The molecule has 21 heavy (non-hydrogen) atoms. The summed E-state index contributed by atoms with van der Waals surface area (Å²) in [6.07, 6.45) is 4.14. The van der Waals surface area contributed by atoms with E-state index in [1.165, 1.54) is 5.75 Å². The van der Waals surface area contributed by atoms with Crippen LogP contribution < -0.4 is 5.32 Å². The number of thioether (sulfide) groups is 1. The number of carbonyl (C=O) groups is 1. The lowest BCUT2D eigenvalue weighted by atomic mass is 9.97. The Balaban J connectivity index is 2.19. The number of piperidine rings is 1. The van der Waals surface area contributed by atoms with Gasteiger partial charge in [0.15, 0.2) is 0 Å². The van der Waals surface area contributed by atoms with E-state index < -0.39 is 5.60 Å². The van der Waals surface area contributed by atoms with Crippen LogP contribution in [0.5, 0.6) is 0 Å². The Labute approximate surface area is 134 Å². The van der Waals surface area contributed by atoms with Crippen LogP contribution in [0.25, 0.3) is 0 Å². The van der Waals surface area contributed by atoms with Crippen molar-refractivity contribution < 1.29 is 9.53 Å². The molecule has 4 nitrogen and oxygen atoms in total. The number of hydrogen-bond acceptors (Lipinski definition) is 4. The zero-order valence-electron chi connectivity index (χ0n) is 14.3. The van der Waals surface area contributed by atoms with Crippen molar-refractivity contribution in [2.45, 2.75) is 46.1 Å². The van der Waals surface area contributed by atoms with Gasteiger partial charge in [-0.1, -0.05) is 6.92 Å². The first kappa shape index (κ1) is 18.6. The summed E-state index contributed by atoms with van der Waals surface area (Å²) in [6.45, 7) is 11.8. The number of nitrogens with one attached hydrogen (secondary N) is 1. The molecule has 1 rings (SSSR count). The second-order valence-electron chi connectivity index (χ2n) is 7.13. The molecule has 0 aromatic heterocycles. The van der Waals surface area contributed by atoms with Gasteiger partial charge in [-0.05, 0) is 70.5 Å². The average Bonchev–Trinajstić information content (AvgIpc) is 2.38. The maximum atomic E-state index is 12.0. The third kappa shape index (κ3) is 7.96. The normalized spacial score (nSPS) is 18.6. The van der Waals surface area contributed by atoms with E-state index in [1.54, 1.807) is 0 Å². The van der Waals surface area contributed by atoms with E-state index in [0.717, 1.165) is 44.9 Å². The molecule has 0 bridgehead atoms. The first-order chi connectivity index (χ1) is 9.81. The lowest BCUT2D eigenvalue weighted by Gasteiger charge is -2.33. The fourth-order valence-corrected chi connectivity index (χ4v) is 3.21. The minimum absolute atomic E-state index is 0.164. The minimum atomic E-state index is -0.400. The molecule has 1 atom stereocenters. The van der Waals surface area contributed by atoms with E-state index >= 15 is 0 Å². The van der Waals surface area contributed by atoms with E-state index in [0.29, 0.717) is 5.92 Å². The maximum Gasteiger partial charge on any atom is 0.410 e. The van der Waals surface area contributed by atoms with E-state index in [1.807, 2.05) is 37.4 Å². The smallest absolute Gasteiger partial charge is 0.410 e. The monoisotopic (exact) mass is 316 g/mol. The van der Waals surface area contributed by atoms with Gasteiger partial charge in [0, 0.05) is 13.1 Å². The van der Waals surface area contributed by atoms with Crippen LogP contribution in [-0.2, 0) is 4.74 Å². The first-order valence-corrected chi connectivity index (χ1v) is 9.38. The standard InChI is InChI=1S/C16H32N2O2S/c1-13(12-21-5)10-17-11-14-6-8-18(9-7-14)15(19)20-16(2,3)4/h13-14,17H,6-12H2,1-5H3. The Bertz CT molecular complexity index is 310. The molecule has 0 aromatic carbocycles. The third-order valence-corrected chi connectivity index (χ3v) is 4.55. The summed E-state index contributed by atoms with van der Waals surface area (Å²) in [7, 11) is 0. The van der Waals surface area contributed by atoms with Gasteiger partial charge in [0.25, 0.3) is 0 Å². The van der Waals surface area contributed by atoms with Gasteiger partial charge >= 0.3 is 6.09 Å². The van der Waals surface area contributed by atoms with Crippen molar-refractivity contribution in [3.8, 4) is 0 Å². The fourth-order valence-electron chi connectivity index (χ4n) is 2.52. The number of hydrogen-bond donors (Lipinski definition) is 1. The summed E-state index contributed by atoms with van der Waals surface area (Å²) in [5.74, 6) is 2.62. The van der Waals surface area contributed by atoms with Gasteiger partial charge in [-0.3, -0.25) is 0 Å². The summed E-state index contributed by atoms with van der Waals surface area (Å²) in [5, 5.41) is 3.57. The highest BCUT2D eigenvalue weighted by molar-refractivity contribution is 7.98. The molecule has 1 saturated heterocycles. The molecule has 5 heteroatoms. The number of carbonyl (C=O) groups excluding carboxylic acids is 1. The van der Waals surface area contributed by atoms with E-state index in [4.69, 9.17) is 4.74 Å². The SMILES string of the molecule is CSCC(C)CNCC1CCN(C(=O)OC(C)(C)C)CC1. The summed E-state index contributed by atoms with van der Waals surface area (Å²) in [4.78, 5) is 13.8. The van der Waals surface area contributed by atoms with Crippen molar-refractivity contribution >= 4 is 17.9 Å². The van der Waals surface area contributed by atoms with Gasteiger partial charge in [-0.2, -0.15) is 11.8 Å². The van der Waals surface area contributed by atoms with E-state index in [2.05, 4.69) is 18.5 Å². The van der Waals surface area contributed by atoms with Gasteiger partial charge in [0.2, 0.25) is 0 Å². The Kier molecular flexibility index (Phi) is 7.88. The number of ether oxygens (including phenoxy) is 1. The van der Waals surface area contributed by atoms with Gasteiger partial charge in [0.05, 0.1) is 0 Å². The summed E-state index contributed by atoms with van der Waals surface area (Å²) in [5.41, 5.74) is -0.400. The van der Waals surface area contributed by atoms with Crippen molar-refractivity contribution in [1.29, 1.82) is 0 Å². The first-order valence-electron chi connectivity index (χ1n) is 7.99. The molecule has 1 aliphatic heterocycles. The molecule has 1 heterocycles. The van der Waals surface area contributed by atoms with Crippen molar-refractivity contribution in [2.75, 3.05) is 38.2 Å². The highest BCUT2D eigenvalue weighted by Crippen LogP contribution is 2.19. The summed E-state index contributed by atoms with van der Waals surface area (Å²) in [6, 6.07) is 0. The van der Waals surface area contributed by atoms with Crippen molar-refractivity contribution in [3.63, 3.8) is 0 Å². The number of amides is 1. The molecule has 124 valence electrons. The molecule has 0 saturated carbocycles. The highest BCUT2D eigenvalue weighted by Gasteiger charge is 2.26. The Morgan fingerprint density at radius 2 is 2.00 bits per heavy atom. The highest BCUT2D eigenvalue weighted by atomic mass is 32.2. The van der Waals surface area contributed by atoms with Gasteiger partial charge in [-0.15, -0.1) is 0 Å². The second kappa shape index (κ2) is 8.89. The third-order valence-electron chi connectivity index (χ3n) is 3.64. The number of nitrogens with zero attached hydrogens (tertiary/aromatic N) is 1. The second-order valence-corrected chi connectivity index (χ2v) is 8.04. The van der Waals surface area contributed by atoms with Crippen LogP contribution >= 0.6 is 11.8 Å². The van der Waals surface area contributed by atoms with Crippen LogP contribution in [0.15, 0.2) is 0 Å². The van der Waals surface area contributed by atoms with Crippen LogP contribution in [-0.4, -0.2) is 54.8 Å². The molecule has 1 N–H and O–H groups in total. The number of likely N-dealkylation sites (tertiary alicyclic amines) is 1. The zero-order chi connectivity index (χ0) is 15.9. The molecular formula is C16H32N2O2S. The molecule has 0 spiro atoms. The van der Waals surface area contributed by atoms with Gasteiger partial charge in [0.1, 0.15) is 5.60 Å². The molecule has 0 aliphatic carbocycles. The fraction of sp³-hybridized carbons (Fsp3) is 0.938. The van der Waals surface area contributed by atoms with Crippen LogP contribution in [0.2, 0.25) is 0 Å². The topological polar surface area (TPSA) is 41.6 Å². The molecule has 1 amide bonds. The van der Waals surface area contributed by atoms with Crippen LogP contribution in [0.1, 0.15) is 40.5 Å². The lowest BCUT2D eigenvalue weighted by Crippen LogP contribution is -2.43. The average molecular weight is 317 g/mol. The quantitative estimate of drug-likeness (QED) is 0.817. The van der Waals surface area contributed by atoms with Crippen molar-refractivity contribution in [2.24, 2.45) is 11.8 Å². The van der Waals surface area contributed by atoms with Gasteiger partial charge < -0.3 is 15.0 Å². The summed E-state index contributed by atoms with van der Waals surface area (Å²) >= 11 is 1.91. The molecule has 0 aromatic rings. The van der Waals surface area contributed by atoms with Gasteiger partial charge in [-0.25, -0.2) is 4.79 Å². The van der Waals surface area contributed by atoms with Crippen molar-refractivity contribution in [3.05, 3.63) is 0 Å². The molecule has 1 fully saturated rings. The predicted molar refractivity (Wildman–Crippen MR) is 90.9 cm³/mol. The zero-order valence-corrected chi connectivity index (χ0v) is 15.1. The van der Waals surface area contributed by atoms with Crippen LogP contribution in [0.3, 0.4) is 0 Å². The van der Waals surface area contributed by atoms with Crippen molar-refractivity contribution in [1.82, 2.24) is 10.2 Å². The Morgan fingerprint density at radius 1 is 1.38 bits per heavy atom. The molecule has 1 unspecified atom stereocenters. The molecule has 0 radical (unpaired) electrons. The molecule has 1 aliphatic rings. The minimum Gasteiger partial charge on any atom is -0.444 e. The Morgan fingerprint density at radius 3 is 2.52 bits per heavy atom. The van der Waals surface area contributed by atoms with E-state index in [9.17, 15) is 4.79 Å². The van der Waals surface area contributed by atoms with Crippen LogP contribution in [0.4, 0.5) is 4.79 Å².